The molecule has 0 aliphatic carbocycles. The van der Waals surface area contributed by atoms with Crippen molar-refractivity contribution in [2.45, 2.75) is 43.5 Å². The van der Waals surface area contributed by atoms with Gasteiger partial charge in [0.15, 0.2) is 0 Å². The van der Waals surface area contributed by atoms with Gasteiger partial charge < -0.3 is 10.1 Å². The Morgan fingerprint density at radius 1 is 1.28 bits per heavy atom. The fraction of sp³-hybridized carbons (Fsp3) is 1.00. The van der Waals surface area contributed by atoms with E-state index in [1.54, 1.807) is 7.05 Å². The van der Waals surface area contributed by atoms with Crippen LogP contribution >= 0.6 is 0 Å². The van der Waals surface area contributed by atoms with Crippen LogP contribution in [0.3, 0.4) is 0 Å². The van der Waals surface area contributed by atoms with Gasteiger partial charge in [-0.3, -0.25) is 0 Å². The molecule has 2 fully saturated rings. The van der Waals surface area contributed by atoms with Gasteiger partial charge in [0, 0.05) is 26.7 Å². The van der Waals surface area contributed by atoms with Crippen molar-refractivity contribution >= 4 is 10.0 Å². The number of hydrogen-bond acceptors (Lipinski definition) is 4. The lowest BCUT2D eigenvalue weighted by Gasteiger charge is -2.31. The summed E-state index contributed by atoms with van der Waals surface area (Å²) in [6.45, 7) is 2.78. The summed E-state index contributed by atoms with van der Waals surface area (Å²) in [4.78, 5) is 0. The molecule has 6 heteroatoms. The SMILES string of the molecule is CN(CC1CCCCO1)S(=O)(=O)C1CCCNC1. The zero-order chi connectivity index (χ0) is 13.0. The summed E-state index contributed by atoms with van der Waals surface area (Å²) < 4.78 is 31.9. The predicted octanol–water partition coefficient (Wildman–Crippen LogP) is 0.569. The second-order valence-electron chi connectivity index (χ2n) is 5.28. The quantitative estimate of drug-likeness (QED) is 0.815. The normalized spacial score (nSPS) is 30.6. The predicted molar refractivity (Wildman–Crippen MR) is 71.0 cm³/mol. The van der Waals surface area contributed by atoms with Crippen LogP contribution in [-0.4, -0.2) is 57.4 Å². The number of ether oxygens (including phenoxy) is 1. The van der Waals surface area contributed by atoms with Gasteiger partial charge in [-0.2, -0.15) is 0 Å². The number of likely N-dealkylation sites (N-methyl/N-ethyl adjacent to an activating group) is 1. The van der Waals surface area contributed by atoms with Gasteiger partial charge >= 0.3 is 0 Å². The second-order valence-corrected chi connectivity index (χ2v) is 7.60. The average molecular weight is 276 g/mol. The first-order valence-electron chi connectivity index (χ1n) is 6.88. The van der Waals surface area contributed by atoms with E-state index in [0.717, 1.165) is 45.3 Å². The first-order chi connectivity index (χ1) is 8.60. The summed E-state index contributed by atoms with van der Waals surface area (Å²) in [5.41, 5.74) is 0. The molecule has 2 unspecified atom stereocenters. The highest BCUT2D eigenvalue weighted by molar-refractivity contribution is 7.89. The van der Waals surface area contributed by atoms with Crippen molar-refractivity contribution < 1.29 is 13.2 Å². The van der Waals surface area contributed by atoms with E-state index in [4.69, 9.17) is 4.74 Å². The van der Waals surface area contributed by atoms with E-state index in [2.05, 4.69) is 5.32 Å². The molecule has 0 radical (unpaired) electrons. The Hall–Kier alpha value is -0.170. The van der Waals surface area contributed by atoms with Crippen molar-refractivity contribution in [2.24, 2.45) is 0 Å². The van der Waals surface area contributed by atoms with Crippen molar-refractivity contribution in [3.8, 4) is 0 Å². The van der Waals surface area contributed by atoms with Crippen LogP contribution in [-0.2, 0) is 14.8 Å². The van der Waals surface area contributed by atoms with Gasteiger partial charge in [-0.25, -0.2) is 12.7 Å². The van der Waals surface area contributed by atoms with Crippen molar-refractivity contribution in [3.63, 3.8) is 0 Å². The van der Waals surface area contributed by atoms with Gasteiger partial charge in [-0.15, -0.1) is 0 Å². The molecular weight excluding hydrogens is 252 g/mol. The molecular formula is C12H24N2O3S. The maximum Gasteiger partial charge on any atom is 0.218 e. The molecule has 0 aromatic carbocycles. The molecule has 2 saturated heterocycles. The Morgan fingerprint density at radius 3 is 2.72 bits per heavy atom. The smallest absolute Gasteiger partial charge is 0.218 e. The maximum absolute atomic E-state index is 12.4. The second kappa shape index (κ2) is 6.32. The molecule has 1 N–H and O–H groups in total. The third-order valence-electron chi connectivity index (χ3n) is 3.84. The standard InChI is InChI=1S/C12H24N2O3S/c1-14(10-11-5-2-3-8-17-11)18(15,16)12-6-4-7-13-9-12/h11-13H,2-10H2,1H3. The van der Waals surface area contributed by atoms with Gasteiger partial charge in [0.05, 0.1) is 11.4 Å². The van der Waals surface area contributed by atoms with Gasteiger partial charge in [-0.05, 0) is 38.6 Å². The highest BCUT2D eigenvalue weighted by Crippen LogP contribution is 2.19. The summed E-state index contributed by atoms with van der Waals surface area (Å²) in [5.74, 6) is 0. The fourth-order valence-electron chi connectivity index (χ4n) is 2.67. The number of sulfonamides is 1. The molecule has 5 nitrogen and oxygen atoms in total. The van der Waals surface area contributed by atoms with E-state index >= 15 is 0 Å². The van der Waals surface area contributed by atoms with Gasteiger partial charge in [0.2, 0.25) is 10.0 Å². The van der Waals surface area contributed by atoms with E-state index < -0.39 is 10.0 Å². The lowest BCUT2D eigenvalue weighted by molar-refractivity contribution is 0.00846. The molecule has 0 bridgehead atoms. The summed E-state index contributed by atoms with van der Waals surface area (Å²) in [6, 6.07) is 0. The van der Waals surface area contributed by atoms with Crippen molar-refractivity contribution in [1.29, 1.82) is 0 Å². The first kappa shape index (κ1) is 14.2. The Bertz CT molecular complexity index is 346. The van der Waals surface area contributed by atoms with Gasteiger partial charge in [0.1, 0.15) is 0 Å². The third kappa shape index (κ3) is 3.44. The third-order valence-corrected chi connectivity index (χ3v) is 6.10. The molecule has 2 rings (SSSR count). The highest BCUT2D eigenvalue weighted by atomic mass is 32.2. The molecule has 2 aliphatic heterocycles. The van der Waals surface area contributed by atoms with Crippen LogP contribution in [0.25, 0.3) is 0 Å². The Labute approximate surface area is 110 Å². The summed E-state index contributed by atoms with van der Waals surface area (Å²) >= 11 is 0. The topological polar surface area (TPSA) is 58.6 Å². The lowest BCUT2D eigenvalue weighted by atomic mass is 10.1. The van der Waals surface area contributed by atoms with E-state index in [9.17, 15) is 8.42 Å². The molecule has 0 spiro atoms. The number of nitrogens with one attached hydrogen (secondary N) is 1. The van der Waals surface area contributed by atoms with E-state index in [0.29, 0.717) is 13.1 Å². The summed E-state index contributed by atoms with van der Waals surface area (Å²) in [5, 5.41) is 2.90. The number of nitrogens with zero attached hydrogens (tertiary/aromatic N) is 1. The number of rotatable bonds is 4. The average Bonchev–Trinajstić information content (AvgIpc) is 2.41. The van der Waals surface area contributed by atoms with Crippen LogP contribution in [0, 0.1) is 0 Å². The maximum atomic E-state index is 12.4. The van der Waals surface area contributed by atoms with Crippen LogP contribution in [0.4, 0.5) is 0 Å². The molecule has 0 saturated carbocycles. The first-order valence-corrected chi connectivity index (χ1v) is 8.38. The zero-order valence-electron chi connectivity index (χ0n) is 11.1. The van der Waals surface area contributed by atoms with E-state index in [1.165, 1.54) is 4.31 Å². The summed E-state index contributed by atoms with van der Waals surface area (Å²) in [7, 11) is -1.49. The van der Waals surface area contributed by atoms with Crippen LogP contribution in [0.1, 0.15) is 32.1 Å². The lowest BCUT2D eigenvalue weighted by Crippen LogP contribution is -2.47. The minimum atomic E-state index is -3.17. The Morgan fingerprint density at radius 2 is 2.11 bits per heavy atom. The largest absolute Gasteiger partial charge is 0.377 e. The molecule has 18 heavy (non-hydrogen) atoms. The van der Waals surface area contributed by atoms with Crippen LogP contribution in [0.5, 0.6) is 0 Å². The Balaban J connectivity index is 1.91. The van der Waals surface area contributed by atoms with Crippen molar-refractivity contribution in [2.75, 3.05) is 33.3 Å². The van der Waals surface area contributed by atoms with Crippen LogP contribution < -0.4 is 5.32 Å². The number of piperidine rings is 1. The van der Waals surface area contributed by atoms with Gasteiger partial charge in [0.25, 0.3) is 0 Å². The summed E-state index contributed by atoms with van der Waals surface area (Å²) in [6.07, 6.45) is 5.00. The van der Waals surface area contributed by atoms with Crippen molar-refractivity contribution in [3.05, 3.63) is 0 Å². The zero-order valence-corrected chi connectivity index (χ0v) is 11.9. The minimum absolute atomic E-state index is 0.0788. The van der Waals surface area contributed by atoms with Crippen LogP contribution in [0.2, 0.25) is 0 Å². The minimum Gasteiger partial charge on any atom is -0.377 e. The Kier molecular flexibility index (Phi) is 5.00. The van der Waals surface area contributed by atoms with Crippen molar-refractivity contribution in [1.82, 2.24) is 9.62 Å². The molecule has 2 heterocycles. The molecule has 2 atom stereocenters. The van der Waals surface area contributed by atoms with Crippen LogP contribution in [0.15, 0.2) is 0 Å². The molecule has 106 valence electrons. The fourth-order valence-corrected chi connectivity index (χ4v) is 4.35. The molecule has 0 aromatic rings. The molecule has 0 amide bonds. The highest BCUT2D eigenvalue weighted by Gasteiger charge is 2.32. The van der Waals surface area contributed by atoms with E-state index in [-0.39, 0.29) is 11.4 Å². The van der Waals surface area contributed by atoms with E-state index in [1.807, 2.05) is 0 Å². The monoisotopic (exact) mass is 276 g/mol. The molecule has 2 aliphatic rings. The van der Waals surface area contributed by atoms with Gasteiger partial charge in [-0.1, -0.05) is 0 Å². The number of hydrogen-bond donors (Lipinski definition) is 1. The molecule has 0 aromatic heterocycles.